The Morgan fingerprint density at radius 3 is 2.50 bits per heavy atom. The van der Waals surface area contributed by atoms with Gasteiger partial charge in [0.05, 0.1) is 12.0 Å². The average Bonchev–Trinajstić information content (AvgIpc) is 2.71. The van der Waals surface area contributed by atoms with Crippen molar-refractivity contribution < 1.29 is 4.79 Å². The highest BCUT2D eigenvalue weighted by molar-refractivity contribution is 5.82. The second kappa shape index (κ2) is 6.35. The highest BCUT2D eigenvalue weighted by atomic mass is 16.2. The highest BCUT2D eigenvalue weighted by Gasteiger charge is 2.39. The lowest BCUT2D eigenvalue weighted by Gasteiger charge is -2.33. The zero-order chi connectivity index (χ0) is 14.6. The number of H-pyrrole nitrogens is 1. The van der Waals surface area contributed by atoms with Gasteiger partial charge in [0.2, 0.25) is 5.91 Å². The zero-order valence-electron chi connectivity index (χ0n) is 12.5. The van der Waals surface area contributed by atoms with Crippen LogP contribution in [-0.2, 0) is 11.3 Å². The van der Waals surface area contributed by atoms with E-state index in [2.05, 4.69) is 15.2 Å². The normalized spacial score (nSPS) is 18.6. The number of carbonyl (C=O) groups excluding carboxylic acids is 1. The van der Waals surface area contributed by atoms with Crippen molar-refractivity contribution in [3.05, 3.63) is 11.6 Å². The molecule has 2 rings (SSSR count). The van der Waals surface area contributed by atoms with Gasteiger partial charge in [0, 0.05) is 13.6 Å². The van der Waals surface area contributed by atoms with Crippen molar-refractivity contribution in [3.63, 3.8) is 0 Å². The fraction of sp³-hybridized carbons (Fsp3) is 0.786. The number of aromatic amines is 1. The number of nitrogens with one attached hydrogen (secondary N) is 1. The fourth-order valence-electron chi connectivity index (χ4n) is 3.06. The summed E-state index contributed by atoms with van der Waals surface area (Å²) >= 11 is 0. The van der Waals surface area contributed by atoms with E-state index >= 15 is 0 Å². The topological polar surface area (TPSA) is 87.9 Å². The molecular formula is C14H25N5O. The Hall–Kier alpha value is -1.43. The first kappa shape index (κ1) is 15.0. The van der Waals surface area contributed by atoms with E-state index in [0.29, 0.717) is 18.9 Å². The molecule has 1 aromatic heterocycles. The monoisotopic (exact) mass is 279 g/mol. The van der Waals surface area contributed by atoms with E-state index < -0.39 is 0 Å². The van der Waals surface area contributed by atoms with E-state index in [1.807, 2.05) is 14.0 Å². The van der Waals surface area contributed by atoms with Crippen LogP contribution in [-0.4, -0.2) is 39.6 Å². The summed E-state index contributed by atoms with van der Waals surface area (Å²) in [5.74, 6) is 1.56. The number of aryl methyl sites for hydroxylation is 1. The number of rotatable bonds is 4. The van der Waals surface area contributed by atoms with Crippen LogP contribution in [0, 0.1) is 12.3 Å². The van der Waals surface area contributed by atoms with E-state index in [9.17, 15) is 4.79 Å². The standard InChI is InChI=1S/C14H25N5O/c1-11-16-12(18-17-11)9-19(2)13(20)14(10-15)7-5-3-4-6-8-14/h3-10,15H2,1-2H3,(H,16,17,18). The Balaban J connectivity index is 2.06. The molecule has 6 heteroatoms. The van der Waals surface area contributed by atoms with E-state index in [1.165, 1.54) is 12.8 Å². The van der Waals surface area contributed by atoms with Crippen LogP contribution in [0.3, 0.4) is 0 Å². The molecule has 1 aromatic rings. The number of aromatic nitrogens is 3. The molecule has 0 spiro atoms. The van der Waals surface area contributed by atoms with Crippen molar-refractivity contribution in [2.45, 2.75) is 52.0 Å². The zero-order valence-corrected chi connectivity index (χ0v) is 12.5. The summed E-state index contributed by atoms with van der Waals surface area (Å²) in [6, 6.07) is 0. The number of nitrogens with zero attached hydrogens (tertiary/aromatic N) is 3. The molecule has 1 aliphatic rings. The lowest BCUT2D eigenvalue weighted by atomic mass is 9.79. The van der Waals surface area contributed by atoms with Crippen molar-refractivity contribution in [2.24, 2.45) is 11.1 Å². The Morgan fingerprint density at radius 2 is 2.00 bits per heavy atom. The summed E-state index contributed by atoms with van der Waals surface area (Å²) in [6.45, 7) is 2.72. The van der Waals surface area contributed by atoms with Gasteiger partial charge in [-0.15, -0.1) is 0 Å². The van der Waals surface area contributed by atoms with Crippen LogP contribution in [0.1, 0.15) is 50.2 Å². The van der Waals surface area contributed by atoms with Crippen molar-refractivity contribution in [1.82, 2.24) is 20.1 Å². The molecule has 1 heterocycles. The number of hydrogen-bond acceptors (Lipinski definition) is 4. The van der Waals surface area contributed by atoms with Crippen molar-refractivity contribution in [1.29, 1.82) is 0 Å². The highest BCUT2D eigenvalue weighted by Crippen LogP contribution is 2.35. The number of nitrogens with two attached hydrogens (primary N) is 1. The van der Waals surface area contributed by atoms with Crippen LogP contribution >= 0.6 is 0 Å². The molecule has 0 aromatic carbocycles. The molecule has 1 fully saturated rings. The van der Waals surface area contributed by atoms with E-state index in [4.69, 9.17) is 5.73 Å². The third-order valence-electron chi connectivity index (χ3n) is 4.27. The van der Waals surface area contributed by atoms with Gasteiger partial charge in [-0.25, -0.2) is 4.98 Å². The summed E-state index contributed by atoms with van der Waals surface area (Å²) in [7, 11) is 1.82. The van der Waals surface area contributed by atoms with Gasteiger partial charge >= 0.3 is 0 Å². The molecule has 0 radical (unpaired) electrons. The van der Waals surface area contributed by atoms with Gasteiger partial charge in [0.1, 0.15) is 5.82 Å². The predicted molar refractivity (Wildman–Crippen MR) is 76.8 cm³/mol. The maximum atomic E-state index is 12.8. The first-order valence-electron chi connectivity index (χ1n) is 7.41. The van der Waals surface area contributed by atoms with Crippen LogP contribution in [0.4, 0.5) is 0 Å². The molecule has 6 nitrogen and oxygen atoms in total. The van der Waals surface area contributed by atoms with Crippen LogP contribution in [0.15, 0.2) is 0 Å². The van der Waals surface area contributed by atoms with Crippen LogP contribution in [0.25, 0.3) is 0 Å². The minimum absolute atomic E-state index is 0.143. The largest absolute Gasteiger partial charge is 0.338 e. The second-order valence-electron chi connectivity index (χ2n) is 5.90. The van der Waals surface area contributed by atoms with Gasteiger partial charge in [0.15, 0.2) is 5.82 Å². The van der Waals surface area contributed by atoms with E-state index in [-0.39, 0.29) is 11.3 Å². The summed E-state index contributed by atoms with van der Waals surface area (Å²) in [6.07, 6.45) is 6.41. The third kappa shape index (κ3) is 3.17. The number of amides is 1. The Kier molecular flexibility index (Phi) is 4.75. The van der Waals surface area contributed by atoms with Crippen LogP contribution in [0.5, 0.6) is 0 Å². The summed E-state index contributed by atoms with van der Waals surface area (Å²) < 4.78 is 0. The Labute approximate surface area is 120 Å². The molecule has 0 atom stereocenters. The molecule has 0 bridgehead atoms. The maximum Gasteiger partial charge on any atom is 0.230 e. The van der Waals surface area contributed by atoms with Crippen molar-refractivity contribution in [3.8, 4) is 0 Å². The minimum Gasteiger partial charge on any atom is -0.338 e. The van der Waals surface area contributed by atoms with Gasteiger partial charge in [-0.2, -0.15) is 5.10 Å². The molecule has 3 N–H and O–H groups in total. The Bertz CT molecular complexity index is 448. The van der Waals surface area contributed by atoms with Gasteiger partial charge < -0.3 is 10.6 Å². The van der Waals surface area contributed by atoms with Crippen molar-refractivity contribution >= 4 is 5.91 Å². The van der Waals surface area contributed by atoms with Crippen LogP contribution < -0.4 is 5.73 Å². The average molecular weight is 279 g/mol. The summed E-state index contributed by atoms with van der Waals surface area (Å²) in [5.41, 5.74) is 5.58. The molecule has 1 aliphatic carbocycles. The maximum absolute atomic E-state index is 12.8. The first-order valence-corrected chi connectivity index (χ1v) is 7.41. The second-order valence-corrected chi connectivity index (χ2v) is 5.90. The van der Waals surface area contributed by atoms with E-state index in [1.54, 1.807) is 4.90 Å². The quantitative estimate of drug-likeness (QED) is 0.815. The smallest absolute Gasteiger partial charge is 0.230 e. The molecule has 0 unspecified atom stereocenters. The molecule has 1 amide bonds. The SMILES string of the molecule is Cc1nc(CN(C)C(=O)C2(CN)CCCCCC2)n[nH]1. The van der Waals surface area contributed by atoms with E-state index in [0.717, 1.165) is 31.5 Å². The molecule has 1 saturated carbocycles. The van der Waals surface area contributed by atoms with Gasteiger partial charge in [0.25, 0.3) is 0 Å². The molecule has 112 valence electrons. The van der Waals surface area contributed by atoms with Crippen molar-refractivity contribution in [2.75, 3.05) is 13.6 Å². The van der Waals surface area contributed by atoms with Gasteiger partial charge in [-0.1, -0.05) is 25.7 Å². The number of hydrogen-bond donors (Lipinski definition) is 2. The number of carbonyl (C=O) groups is 1. The van der Waals surface area contributed by atoms with Gasteiger partial charge in [-0.3, -0.25) is 9.89 Å². The molecule has 0 aliphatic heterocycles. The minimum atomic E-state index is -0.378. The Morgan fingerprint density at radius 1 is 1.35 bits per heavy atom. The molecular weight excluding hydrogens is 254 g/mol. The summed E-state index contributed by atoms with van der Waals surface area (Å²) in [5, 5.41) is 6.89. The lowest BCUT2D eigenvalue weighted by Crippen LogP contribution is -2.46. The predicted octanol–water partition coefficient (Wildman–Crippen LogP) is 1.37. The third-order valence-corrected chi connectivity index (χ3v) is 4.27. The lowest BCUT2D eigenvalue weighted by molar-refractivity contribution is -0.141. The first-order chi connectivity index (χ1) is 9.57. The van der Waals surface area contributed by atoms with Crippen LogP contribution in [0.2, 0.25) is 0 Å². The fourth-order valence-corrected chi connectivity index (χ4v) is 3.06. The molecule has 20 heavy (non-hydrogen) atoms. The summed E-state index contributed by atoms with van der Waals surface area (Å²) in [4.78, 5) is 18.8. The van der Waals surface area contributed by atoms with Gasteiger partial charge in [-0.05, 0) is 19.8 Å². The molecule has 0 saturated heterocycles.